The highest BCUT2D eigenvalue weighted by Gasteiger charge is 2.19. The summed E-state index contributed by atoms with van der Waals surface area (Å²) in [7, 11) is 0. The molecule has 2 fully saturated rings. The number of rotatable bonds is 12. The molecule has 3 aromatic carbocycles. The van der Waals surface area contributed by atoms with E-state index in [-0.39, 0.29) is 6.10 Å². The first kappa shape index (κ1) is 39.8. The molecule has 1 atom stereocenters. The van der Waals surface area contributed by atoms with Crippen LogP contribution in [0.15, 0.2) is 72.8 Å². The van der Waals surface area contributed by atoms with Gasteiger partial charge >= 0.3 is 23.9 Å². The number of ether oxygens (including phenoxy) is 2. The van der Waals surface area contributed by atoms with E-state index < -0.39 is 23.9 Å². The second-order valence-electron chi connectivity index (χ2n) is 12.5. The minimum atomic E-state index is -1.82. The topological polar surface area (TPSA) is 174 Å². The molecule has 6 rings (SSSR count). The molecule has 0 radical (unpaired) electrons. The molecule has 4 N–H and O–H groups in total. The van der Waals surface area contributed by atoms with Crippen LogP contribution >= 0.6 is 11.3 Å². The Labute approximate surface area is 306 Å². The first-order chi connectivity index (χ1) is 25.0. The molecule has 3 heterocycles. The number of likely N-dealkylation sites (tertiary alicyclic amines) is 2. The fourth-order valence-electron chi connectivity index (χ4n) is 6.09. The van der Waals surface area contributed by atoms with E-state index in [4.69, 9.17) is 49.1 Å². The second kappa shape index (κ2) is 20.2. The zero-order valence-electron chi connectivity index (χ0n) is 29.2. The summed E-state index contributed by atoms with van der Waals surface area (Å²) >= 11 is 1.89. The van der Waals surface area contributed by atoms with E-state index in [0.29, 0.717) is 0 Å². The molecule has 13 heteroatoms. The molecule has 1 aromatic heterocycles. The molecule has 0 bridgehead atoms. The number of hydrogen-bond acceptors (Lipinski definition) is 9. The van der Waals surface area contributed by atoms with Gasteiger partial charge in [0.25, 0.3) is 0 Å². The lowest BCUT2D eigenvalue weighted by Gasteiger charge is -2.23. The molecule has 0 spiro atoms. The van der Waals surface area contributed by atoms with Crippen molar-refractivity contribution in [3.8, 4) is 21.9 Å². The highest BCUT2D eigenvalue weighted by atomic mass is 32.1. The third kappa shape index (κ3) is 12.4. The fourth-order valence-corrected chi connectivity index (χ4v) is 7.32. The summed E-state index contributed by atoms with van der Waals surface area (Å²) in [5, 5.41) is 30.9. The number of thiophene rings is 1. The average Bonchev–Trinajstić information content (AvgIpc) is 3.92. The van der Waals surface area contributed by atoms with Crippen molar-refractivity contribution in [1.82, 2.24) is 9.80 Å². The maximum atomic E-state index is 9.10. The van der Waals surface area contributed by atoms with Gasteiger partial charge in [0.2, 0.25) is 0 Å². The van der Waals surface area contributed by atoms with Crippen LogP contribution in [0.5, 0.6) is 11.5 Å². The molecule has 278 valence electrons. The summed E-state index contributed by atoms with van der Waals surface area (Å²) in [6.07, 6.45) is 7.47. The summed E-state index contributed by atoms with van der Waals surface area (Å²) in [4.78, 5) is 42.8. The van der Waals surface area contributed by atoms with Crippen LogP contribution in [0.4, 0.5) is 0 Å². The Kier molecular flexibility index (Phi) is 15.4. The van der Waals surface area contributed by atoms with Crippen LogP contribution in [-0.4, -0.2) is 106 Å². The van der Waals surface area contributed by atoms with Crippen molar-refractivity contribution in [2.45, 2.75) is 51.6 Å². The number of carbonyl (C=O) groups is 4. The SMILES string of the molecule is CCC(CN1CCCC1)Oc1ccc(Cc2c(-c3ccc(OCCN4CCCC4)cc3)sc3ccccc23)cc1.O=C(O)C(=O)O.O=C(O)C(=O)O. The Morgan fingerprint density at radius 2 is 1.25 bits per heavy atom. The Hall–Kier alpha value is -4.98. The largest absolute Gasteiger partial charge is 0.492 e. The molecular weight excluding hydrogens is 689 g/mol. The van der Waals surface area contributed by atoms with Crippen molar-refractivity contribution in [1.29, 1.82) is 0 Å². The van der Waals surface area contributed by atoms with Crippen molar-refractivity contribution in [2.75, 3.05) is 45.9 Å². The lowest BCUT2D eigenvalue weighted by molar-refractivity contribution is -0.159. The molecule has 1 unspecified atom stereocenters. The molecule has 0 amide bonds. The number of fused-ring (bicyclic) bond motifs is 1. The lowest BCUT2D eigenvalue weighted by Crippen LogP contribution is -2.33. The molecular formula is C39H46N2O10S. The van der Waals surface area contributed by atoms with Gasteiger partial charge < -0.3 is 29.9 Å². The smallest absolute Gasteiger partial charge is 0.414 e. The maximum absolute atomic E-state index is 9.10. The van der Waals surface area contributed by atoms with Gasteiger partial charge in [-0.2, -0.15) is 0 Å². The zero-order chi connectivity index (χ0) is 37.5. The fraction of sp³-hybridized carbons (Fsp3) is 0.385. The van der Waals surface area contributed by atoms with E-state index in [1.54, 1.807) is 0 Å². The monoisotopic (exact) mass is 734 g/mol. The van der Waals surface area contributed by atoms with Crippen molar-refractivity contribution in [2.24, 2.45) is 0 Å². The van der Waals surface area contributed by atoms with Gasteiger partial charge in [0.1, 0.15) is 24.2 Å². The van der Waals surface area contributed by atoms with Crippen molar-refractivity contribution in [3.63, 3.8) is 0 Å². The molecule has 12 nitrogen and oxygen atoms in total. The van der Waals surface area contributed by atoms with Crippen molar-refractivity contribution >= 4 is 45.3 Å². The van der Waals surface area contributed by atoms with E-state index in [1.165, 1.54) is 83.5 Å². The number of benzene rings is 3. The van der Waals surface area contributed by atoms with E-state index in [2.05, 4.69) is 89.5 Å². The van der Waals surface area contributed by atoms with E-state index in [9.17, 15) is 0 Å². The summed E-state index contributed by atoms with van der Waals surface area (Å²) in [6.45, 7) is 9.88. The van der Waals surface area contributed by atoms with Crippen LogP contribution < -0.4 is 9.47 Å². The van der Waals surface area contributed by atoms with Crippen LogP contribution in [0.3, 0.4) is 0 Å². The van der Waals surface area contributed by atoms with E-state index in [0.717, 1.165) is 44.0 Å². The van der Waals surface area contributed by atoms with E-state index in [1.807, 2.05) is 11.3 Å². The molecule has 0 saturated carbocycles. The Morgan fingerprint density at radius 3 is 1.81 bits per heavy atom. The molecule has 2 saturated heterocycles. The van der Waals surface area contributed by atoms with Gasteiger partial charge in [-0.05, 0) is 129 Å². The third-order valence-electron chi connectivity index (χ3n) is 8.78. The number of carboxylic acids is 4. The predicted molar refractivity (Wildman–Crippen MR) is 199 cm³/mol. The first-order valence-corrected chi connectivity index (χ1v) is 18.2. The minimum Gasteiger partial charge on any atom is -0.492 e. The highest BCUT2D eigenvalue weighted by Crippen LogP contribution is 2.40. The number of carboxylic acid groups (broad SMARTS) is 4. The van der Waals surface area contributed by atoms with Crippen molar-refractivity contribution in [3.05, 3.63) is 83.9 Å². The highest BCUT2D eigenvalue weighted by molar-refractivity contribution is 7.22. The number of hydrogen-bond donors (Lipinski definition) is 4. The van der Waals surface area contributed by atoms with E-state index >= 15 is 0 Å². The van der Waals surface area contributed by atoms with Gasteiger partial charge in [0.15, 0.2) is 0 Å². The lowest BCUT2D eigenvalue weighted by atomic mass is 9.99. The van der Waals surface area contributed by atoms with Crippen LogP contribution in [0.2, 0.25) is 0 Å². The van der Waals surface area contributed by atoms with Crippen molar-refractivity contribution < 1.29 is 49.1 Å². The van der Waals surface area contributed by atoms with Crippen LogP contribution in [0.25, 0.3) is 20.5 Å². The molecule has 2 aliphatic heterocycles. The van der Waals surface area contributed by atoms with Crippen LogP contribution in [-0.2, 0) is 25.6 Å². The van der Waals surface area contributed by atoms with Gasteiger partial charge in [-0.15, -0.1) is 11.3 Å². The second-order valence-corrected chi connectivity index (χ2v) is 13.6. The Balaban J connectivity index is 0.000000436. The predicted octanol–water partition coefficient (Wildman–Crippen LogP) is 6.20. The molecule has 52 heavy (non-hydrogen) atoms. The number of aliphatic carboxylic acids is 4. The van der Waals surface area contributed by atoms with Crippen LogP contribution in [0, 0.1) is 0 Å². The van der Waals surface area contributed by atoms with Gasteiger partial charge in [0, 0.05) is 22.7 Å². The van der Waals surface area contributed by atoms with Gasteiger partial charge in [-0.25, -0.2) is 19.2 Å². The molecule has 0 aliphatic carbocycles. The molecule has 2 aliphatic rings. The maximum Gasteiger partial charge on any atom is 0.414 e. The third-order valence-corrected chi connectivity index (χ3v) is 10.0. The normalized spacial score (nSPS) is 14.8. The molecule has 4 aromatic rings. The minimum absolute atomic E-state index is 0.253. The quantitative estimate of drug-likeness (QED) is 0.122. The first-order valence-electron chi connectivity index (χ1n) is 17.4. The summed E-state index contributed by atoms with van der Waals surface area (Å²) < 4.78 is 13.8. The number of nitrogens with zero attached hydrogens (tertiary/aromatic N) is 2. The summed E-state index contributed by atoms with van der Waals surface area (Å²) in [6, 6.07) is 26.3. The van der Waals surface area contributed by atoms with Gasteiger partial charge in [-0.3, -0.25) is 9.80 Å². The Morgan fingerprint density at radius 1 is 0.712 bits per heavy atom. The summed E-state index contributed by atoms with van der Waals surface area (Å²) in [5.74, 6) is -5.36. The zero-order valence-corrected chi connectivity index (χ0v) is 30.1. The van der Waals surface area contributed by atoms with Crippen LogP contribution in [0.1, 0.15) is 50.2 Å². The van der Waals surface area contributed by atoms with Gasteiger partial charge in [-0.1, -0.05) is 37.3 Å². The standard InChI is InChI=1S/C35H42N2O2S.2C2H2O4/c1-2-29(26-37-21-7-8-22-37)39-31-15-11-27(12-16-31)25-33-32-9-3-4-10-34(32)40-35(33)28-13-17-30(18-14-28)38-24-23-36-19-5-6-20-36;2*3-1(4)2(5)6/h3-4,9-18,29H,2,5-8,19-26H2,1H3;2*(H,3,4)(H,5,6). The van der Waals surface area contributed by atoms with Gasteiger partial charge in [0.05, 0.1) is 0 Å². The average molecular weight is 735 g/mol. The summed E-state index contributed by atoms with van der Waals surface area (Å²) in [5.41, 5.74) is 3.97. The Bertz CT molecular complexity index is 1710.